The van der Waals surface area contributed by atoms with Gasteiger partial charge in [-0.15, -0.1) is 0 Å². The summed E-state index contributed by atoms with van der Waals surface area (Å²) in [5, 5.41) is 3.67. The summed E-state index contributed by atoms with van der Waals surface area (Å²) in [6.45, 7) is 6.23. The molecular weight excluding hydrogens is 158 g/mol. The molecule has 0 atom stereocenters. The van der Waals surface area contributed by atoms with Gasteiger partial charge in [0.1, 0.15) is 5.60 Å². The van der Waals surface area contributed by atoms with Crippen LogP contribution in [0.3, 0.4) is 0 Å². The van der Waals surface area contributed by atoms with Crippen LogP contribution < -0.4 is 5.73 Å². The fraction of sp³-hybridized carbons (Fsp3) is 0.714. The van der Waals surface area contributed by atoms with Crippen LogP contribution in [0.4, 0.5) is 6.01 Å². The van der Waals surface area contributed by atoms with Crippen LogP contribution in [-0.4, -0.2) is 16.7 Å². The highest BCUT2D eigenvalue weighted by atomic mass is 16.5. The largest absolute Gasteiger partial charge is 0.368 e. The normalized spacial score (nSPS) is 11.9. The lowest BCUT2D eigenvalue weighted by Gasteiger charge is -2.19. The molecule has 5 nitrogen and oxygen atoms in total. The van der Waals surface area contributed by atoms with E-state index in [-0.39, 0.29) is 6.01 Å². The molecule has 0 unspecified atom stereocenters. The van der Waals surface area contributed by atoms with E-state index < -0.39 is 5.60 Å². The van der Waals surface area contributed by atoms with Gasteiger partial charge in [0, 0.05) is 6.61 Å². The van der Waals surface area contributed by atoms with Crippen molar-refractivity contribution in [3.8, 4) is 0 Å². The van der Waals surface area contributed by atoms with Crippen LogP contribution in [0.2, 0.25) is 0 Å². The van der Waals surface area contributed by atoms with E-state index in [0.29, 0.717) is 12.4 Å². The number of hydrogen-bond acceptors (Lipinski definition) is 5. The number of aromatic nitrogens is 2. The minimum atomic E-state index is -0.532. The number of anilines is 1. The summed E-state index contributed by atoms with van der Waals surface area (Å²) in [5.74, 6) is 0.474. The molecule has 5 heteroatoms. The van der Waals surface area contributed by atoms with E-state index in [2.05, 4.69) is 14.7 Å². The highest BCUT2D eigenvalue weighted by Gasteiger charge is 2.26. The van der Waals surface area contributed by atoms with Crippen LogP contribution >= 0.6 is 0 Å². The van der Waals surface area contributed by atoms with Gasteiger partial charge in [-0.3, -0.25) is 0 Å². The van der Waals surface area contributed by atoms with Crippen LogP contribution in [-0.2, 0) is 10.3 Å². The average Bonchev–Trinajstić information content (AvgIpc) is 2.36. The van der Waals surface area contributed by atoms with Gasteiger partial charge in [0.2, 0.25) is 5.82 Å². The van der Waals surface area contributed by atoms with Crippen molar-refractivity contribution in [2.45, 2.75) is 26.4 Å². The lowest BCUT2D eigenvalue weighted by atomic mass is 10.1. The molecule has 0 saturated heterocycles. The lowest BCUT2D eigenvalue weighted by molar-refractivity contribution is -0.0221. The highest BCUT2D eigenvalue weighted by molar-refractivity contribution is 5.10. The second-order valence-corrected chi connectivity index (χ2v) is 2.90. The maximum atomic E-state index is 5.39. The number of rotatable bonds is 3. The molecule has 0 saturated carbocycles. The molecule has 1 rings (SSSR count). The first-order chi connectivity index (χ1) is 5.56. The molecule has 1 aromatic rings. The van der Waals surface area contributed by atoms with E-state index >= 15 is 0 Å². The molecule has 0 aliphatic heterocycles. The average molecular weight is 171 g/mol. The zero-order valence-corrected chi connectivity index (χ0v) is 7.50. The fourth-order valence-electron chi connectivity index (χ4n) is 0.905. The topological polar surface area (TPSA) is 74.2 Å². The van der Waals surface area contributed by atoms with Crippen molar-refractivity contribution in [2.75, 3.05) is 12.3 Å². The molecule has 0 aromatic carbocycles. The third kappa shape index (κ3) is 1.73. The second-order valence-electron chi connectivity index (χ2n) is 2.90. The van der Waals surface area contributed by atoms with Gasteiger partial charge in [-0.2, -0.15) is 4.98 Å². The van der Waals surface area contributed by atoms with E-state index in [1.807, 2.05) is 20.8 Å². The Morgan fingerprint density at radius 2 is 2.25 bits per heavy atom. The van der Waals surface area contributed by atoms with Gasteiger partial charge in [-0.05, 0) is 20.8 Å². The molecule has 2 N–H and O–H groups in total. The maximum Gasteiger partial charge on any atom is 0.318 e. The second kappa shape index (κ2) is 3.10. The van der Waals surface area contributed by atoms with Crippen molar-refractivity contribution in [3.05, 3.63) is 5.82 Å². The quantitative estimate of drug-likeness (QED) is 0.732. The summed E-state index contributed by atoms with van der Waals surface area (Å²) < 4.78 is 10.0. The van der Waals surface area contributed by atoms with Crippen LogP contribution in [0.25, 0.3) is 0 Å². The number of nitrogens with two attached hydrogens (primary N) is 1. The first kappa shape index (κ1) is 8.99. The smallest absolute Gasteiger partial charge is 0.318 e. The Morgan fingerprint density at radius 3 is 2.67 bits per heavy atom. The van der Waals surface area contributed by atoms with E-state index in [9.17, 15) is 0 Å². The molecule has 0 fully saturated rings. The Bertz CT molecular complexity index is 257. The maximum absolute atomic E-state index is 5.39. The standard InChI is InChI=1S/C7H13N3O2/c1-4-11-7(2,3)5-9-6(8)12-10-5/h4H2,1-3H3,(H2,8,9,10). The Kier molecular flexibility index (Phi) is 2.32. The fourth-order valence-corrected chi connectivity index (χ4v) is 0.905. The van der Waals surface area contributed by atoms with E-state index in [1.165, 1.54) is 0 Å². The van der Waals surface area contributed by atoms with Gasteiger partial charge < -0.3 is 15.0 Å². The third-order valence-electron chi connectivity index (χ3n) is 1.49. The Labute approximate surface area is 70.9 Å². The Balaban J connectivity index is 2.81. The molecule has 1 heterocycles. The zero-order valence-electron chi connectivity index (χ0n) is 7.50. The molecule has 0 bridgehead atoms. The van der Waals surface area contributed by atoms with Gasteiger partial charge in [-0.25, -0.2) is 0 Å². The van der Waals surface area contributed by atoms with Crippen LogP contribution in [0.1, 0.15) is 26.6 Å². The first-order valence-corrected chi connectivity index (χ1v) is 3.80. The van der Waals surface area contributed by atoms with Gasteiger partial charge in [0.05, 0.1) is 0 Å². The molecule has 0 aliphatic rings. The molecule has 0 spiro atoms. The van der Waals surface area contributed by atoms with Crippen molar-refractivity contribution >= 4 is 6.01 Å². The SMILES string of the molecule is CCOC(C)(C)c1noc(N)n1. The number of hydrogen-bond donors (Lipinski definition) is 1. The molecular formula is C7H13N3O2. The predicted molar refractivity (Wildman–Crippen MR) is 43.4 cm³/mol. The monoisotopic (exact) mass is 171 g/mol. The molecule has 1 aromatic heterocycles. The first-order valence-electron chi connectivity index (χ1n) is 3.80. The minimum absolute atomic E-state index is 0.0674. The molecule has 68 valence electrons. The summed E-state index contributed by atoms with van der Waals surface area (Å²) in [5.41, 5.74) is 4.74. The van der Waals surface area contributed by atoms with Crippen molar-refractivity contribution < 1.29 is 9.26 Å². The number of nitrogens with zero attached hydrogens (tertiary/aromatic N) is 2. The summed E-state index contributed by atoms with van der Waals surface area (Å²) in [6.07, 6.45) is 0. The molecule has 0 amide bonds. The van der Waals surface area contributed by atoms with Crippen LogP contribution in [0.15, 0.2) is 4.52 Å². The van der Waals surface area contributed by atoms with Crippen LogP contribution in [0.5, 0.6) is 0 Å². The zero-order chi connectivity index (χ0) is 9.19. The summed E-state index contributed by atoms with van der Waals surface area (Å²) in [6, 6.07) is 0.0674. The van der Waals surface area contributed by atoms with Crippen molar-refractivity contribution in [1.82, 2.24) is 10.1 Å². The van der Waals surface area contributed by atoms with Gasteiger partial charge in [-0.1, -0.05) is 5.16 Å². The number of nitrogen functional groups attached to an aromatic ring is 1. The molecule has 0 radical (unpaired) electrons. The van der Waals surface area contributed by atoms with Crippen LogP contribution in [0, 0.1) is 0 Å². The summed E-state index contributed by atoms with van der Waals surface area (Å²) in [4.78, 5) is 3.88. The Hall–Kier alpha value is -1.10. The summed E-state index contributed by atoms with van der Waals surface area (Å²) >= 11 is 0. The van der Waals surface area contributed by atoms with Crippen molar-refractivity contribution in [3.63, 3.8) is 0 Å². The molecule has 12 heavy (non-hydrogen) atoms. The minimum Gasteiger partial charge on any atom is -0.368 e. The third-order valence-corrected chi connectivity index (χ3v) is 1.49. The van der Waals surface area contributed by atoms with E-state index in [0.717, 1.165) is 0 Å². The Morgan fingerprint density at radius 1 is 1.58 bits per heavy atom. The van der Waals surface area contributed by atoms with E-state index in [1.54, 1.807) is 0 Å². The molecule has 0 aliphatic carbocycles. The van der Waals surface area contributed by atoms with Gasteiger partial charge in [0.15, 0.2) is 0 Å². The highest BCUT2D eigenvalue weighted by Crippen LogP contribution is 2.21. The summed E-state index contributed by atoms with van der Waals surface area (Å²) in [7, 11) is 0. The van der Waals surface area contributed by atoms with Crippen molar-refractivity contribution in [1.29, 1.82) is 0 Å². The van der Waals surface area contributed by atoms with Gasteiger partial charge in [0.25, 0.3) is 0 Å². The van der Waals surface area contributed by atoms with E-state index in [4.69, 9.17) is 10.5 Å². The predicted octanol–water partition coefficient (Wildman–Crippen LogP) is 0.923. The van der Waals surface area contributed by atoms with Crippen molar-refractivity contribution in [2.24, 2.45) is 0 Å². The van der Waals surface area contributed by atoms with Gasteiger partial charge >= 0.3 is 6.01 Å². The lowest BCUT2D eigenvalue weighted by Crippen LogP contribution is -2.23. The number of ether oxygens (including phenoxy) is 1.